The molecule has 0 radical (unpaired) electrons. The lowest BCUT2D eigenvalue weighted by Crippen LogP contribution is -2.41. The van der Waals surface area contributed by atoms with Gasteiger partial charge in [-0.25, -0.2) is 4.68 Å². The summed E-state index contributed by atoms with van der Waals surface area (Å²) in [6.07, 6.45) is 2.23. The van der Waals surface area contributed by atoms with E-state index in [4.69, 9.17) is 9.84 Å². The molecule has 1 amide bonds. The first kappa shape index (κ1) is 20.3. The monoisotopic (exact) mass is 404 g/mol. The summed E-state index contributed by atoms with van der Waals surface area (Å²) in [7, 11) is 1.75. The fourth-order valence-corrected chi connectivity index (χ4v) is 3.79. The van der Waals surface area contributed by atoms with Crippen LogP contribution in [0.5, 0.6) is 0 Å². The number of carbonyl (C=O) groups is 1. The van der Waals surface area contributed by atoms with Gasteiger partial charge >= 0.3 is 0 Å². The smallest absolute Gasteiger partial charge is 0.239 e. The van der Waals surface area contributed by atoms with Crippen molar-refractivity contribution in [2.75, 3.05) is 32.1 Å². The van der Waals surface area contributed by atoms with Gasteiger partial charge in [0.25, 0.3) is 0 Å². The number of anilines is 1. The van der Waals surface area contributed by atoms with Crippen LogP contribution in [0.25, 0.3) is 16.9 Å². The maximum absolute atomic E-state index is 12.8. The maximum atomic E-state index is 12.8. The molecule has 0 aliphatic carbocycles. The Hall–Kier alpha value is -2.96. The Bertz CT molecular complexity index is 974. The number of methoxy groups -OCH3 is 1. The molecule has 0 unspecified atom stereocenters. The number of hydrogen-bond acceptors (Lipinski definition) is 4. The zero-order chi connectivity index (χ0) is 20.9. The van der Waals surface area contributed by atoms with Crippen molar-refractivity contribution < 1.29 is 9.53 Å². The standard InChI is InChI=1S/C24H28N4O2/c1-18-8-10-19(11-9-18)22-16-23(28(26-22)20-6-4-3-5-7-20)25-24(29)17-27-14-12-21(30-2)13-15-27/h3-11,16,21H,12-15,17H2,1-2H3,(H,25,29). The summed E-state index contributed by atoms with van der Waals surface area (Å²) >= 11 is 0. The van der Waals surface area contributed by atoms with Gasteiger partial charge in [0.15, 0.2) is 0 Å². The first-order valence-corrected chi connectivity index (χ1v) is 10.4. The Kier molecular flexibility index (Phi) is 6.26. The fourth-order valence-electron chi connectivity index (χ4n) is 3.79. The first-order valence-electron chi connectivity index (χ1n) is 10.4. The average molecular weight is 405 g/mol. The van der Waals surface area contributed by atoms with Crippen molar-refractivity contribution in [1.82, 2.24) is 14.7 Å². The van der Waals surface area contributed by atoms with Crippen molar-refractivity contribution in [3.05, 3.63) is 66.2 Å². The van der Waals surface area contributed by atoms with Crippen LogP contribution in [0, 0.1) is 6.92 Å². The summed E-state index contributed by atoms with van der Waals surface area (Å²) in [5, 5.41) is 7.84. The summed E-state index contributed by atoms with van der Waals surface area (Å²) in [5.41, 5.74) is 3.96. The molecule has 156 valence electrons. The van der Waals surface area contributed by atoms with Gasteiger partial charge < -0.3 is 10.1 Å². The van der Waals surface area contributed by atoms with Gasteiger partial charge in [-0.1, -0.05) is 48.0 Å². The van der Waals surface area contributed by atoms with Gasteiger partial charge in [-0.3, -0.25) is 9.69 Å². The highest BCUT2D eigenvalue weighted by atomic mass is 16.5. The number of piperidine rings is 1. The van der Waals surface area contributed by atoms with Crippen molar-refractivity contribution in [2.24, 2.45) is 0 Å². The Balaban J connectivity index is 1.54. The lowest BCUT2D eigenvalue weighted by atomic mass is 10.1. The van der Waals surface area contributed by atoms with E-state index in [1.165, 1.54) is 5.56 Å². The molecule has 2 aromatic carbocycles. The van der Waals surface area contributed by atoms with Crippen LogP contribution in [0.2, 0.25) is 0 Å². The molecule has 1 aromatic heterocycles. The molecule has 0 spiro atoms. The van der Waals surface area contributed by atoms with Crippen LogP contribution in [-0.4, -0.2) is 53.4 Å². The molecule has 0 bridgehead atoms. The Labute approximate surface area is 177 Å². The van der Waals surface area contributed by atoms with Crippen molar-refractivity contribution in [3.63, 3.8) is 0 Å². The van der Waals surface area contributed by atoms with Gasteiger partial charge in [-0.2, -0.15) is 5.10 Å². The first-order chi connectivity index (χ1) is 14.6. The number of nitrogens with zero attached hydrogens (tertiary/aromatic N) is 3. The fraction of sp³-hybridized carbons (Fsp3) is 0.333. The van der Waals surface area contributed by atoms with Gasteiger partial charge in [0, 0.05) is 31.8 Å². The van der Waals surface area contributed by atoms with E-state index in [1.807, 2.05) is 36.4 Å². The van der Waals surface area contributed by atoms with Gasteiger partial charge in [-0.15, -0.1) is 0 Å². The summed E-state index contributed by atoms with van der Waals surface area (Å²) in [6.45, 7) is 4.18. The number of para-hydroxylation sites is 1. The van der Waals surface area contributed by atoms with Crippen LogP contribution in [0.1, 0.15) is 18.4 Å². The van der Waals surface area contributed by atoms with Crippen molar-refractivity contribution in [1.29, 1.82) is 0 Å². The molecule has 2 heterocycles. The van der Waals surface area contributed by atoms with E-state index in [0.29, 0.717) is 18.5 Å². The normalized spacial score (nSPS) is 15.3. The molecule has 1 N–H and O–H groups in total. The Morgan fingerprint density at radius 3 is 2.47 bits per heavy atom. The number of rotatable bonds is 6. The second-order valence-electron chi connectivity index (χ2n) is 7.79. The number of carbonyl (C=O) groups excluding carboxylic acids is 1. The third-order valence-corrected chi connectivity index (χ3v) is 5.56. The van der Waals surface area contributed by atoms with Crippen LogP contribution in [0.15, 0.2) is 60.7 Å². The molecule has 1 saturated heterocycles. The predicted molar refractivity (Wildman–Crippen MR) is 119 cm³/mol. The third-order valence-electron chi connectivity index (χ3n) is 5.56. The molecule has 1 fully saturated rings. The number of amides is 1. The second kappa shape index (κ2) is 9.24. The van der Waals surface area contributed by atoms with Gasteiger partial charge in [-0.05, 0) is 31.9 Å². The topological polar surface area (TPSA) is 59.4 Å². The molecular weight excluding hydrogens is 376 g/mol. The number of ether oxygens (including phenoxy) is 1. The predicted octanol–water partition coefficient (Wildman–Crippen LogP) is 3.90. The molecule has 1 aliphatic rings. The van der Waals surface area contributed by atoms with Crippen LogP contribution in [0.4, 0.5) is 5.82 Å². The third kappa shape index (κ3) is 4.78. The second-order valence-corrected chi connectivity index (χ2v) is 7.79. The summed E-state index contributed by atoms with van der Waals surface area (Å²) < 4.78 is 7.21. The molecule has 3 aromatic rings. The SMILES string of the molecule is COC1CCN(CC(=O)Nc2cc(-c3ccc(C)cc3)nn2-c2ccccc2)CC1. The molecule has 0 saturated carbocycles. The van der Waals surface area contributed by atoms with Crippen molar-refractivity contribution in [2.45, 2.75) is 25.9 Å². The molecule has 30 heavy (non-hydrogen) atoms. The molecule has 1 aliphatic heterocycles. The zero-order valence-electron chi connectivity index (χ0n) is 17.5. The lowest BCUT2D eigenvalue weighted by Gasteiger charge is -2.30. The number of aryl methyl sites for hydroxylation is 1. The van der Waals surface area contributed by atoms with E-state index in [0.717, 1.165) is 42.9 Å². The minimum absolute atomic E-state index is 0.0293. The zero-order valence-corrected chi connectivity index (χ0v) is 17.5. The van der Waals surface area contributed by atoms with Crippen LogP contribution in [-0.2, 0) is 9.53 Å². The van der Waals surface area contributed by atoms with Crippen LogP contribution in [0.3, 0.4) is 0 Å². The van der Waals surface area contributed by atoms with Crippen LogP contribution >= 0.6 is 0 Å². The van der Waals surface area contributed by atoms with E-state index in [9.17, 15) is 4.79 Å². The molecule has 0 atom stereocenters. The maximum Gasteiger partial charge on any atom is 0.239 e. The van der Waals surface area contributed by atoms with E-state index < -0.39 is 0 Å². The minimum Gasteiger partial charge on any atom is -0.381 e. The van der Waals surface area contributed by atoms with Gasteiger partial charge in [0.05, 0.1) is 24.0 Å². The van der Waals surface area contributed by atoms with Crippen molar-refractivity contribution >= 4 is 11.7 Å². The Morgan fingerprint density at radius 2 is 1.80 bits per heavy atom. The summed E-state index contributed by atoms with van der Waals surface area (Å²) in [4.78, 5) is 15.0. The quantitative estimate of drug-likeness (QED) is 0.677. The highest BCUT2D eigenvalue weighted by Gasteiger charge is 2.21. The van der Waals surface area contributed by atoms with Gasteiger partial charge in [0.2, 0.25) is 5.91 Å². The van der Waals surface area contributed by atoms with Crippen molar-refractivity contribution in [3.8, 4) is 16.9 Å². The molecule has 6 heteroatoms. The summed E-state index contributed by atoms with van der Waals surface area (Å²) in [5.74, 6) is 0.645. The molecular formula is C24H28N4O2. The molecule has 6 nitrogen and oxygen atoms in total. The minimum atomic E-state index is -0.0293. The van der Waals surface area contributed by atoms with E-state index >= 15 is 0 Å². The van der Waals surface area contributed by atoms with Gasteiger partial charge in [0.1, 0.15) is 5.82 Å². The Morgan fingerprint density at radius 1 is 1.10 bits per heavy atom. The van der Waals surface area contributed by atoms with Crippen LogP contribution < -0.4 is 5.32 Å². The number of hydrogen-bond donors (Lipinski definition) is 1. The van der Waals surface area contributed by atoms with E-state index in [1.54, 1.807) is 11.8 Å². The lowest BCUT2D eigenvalue weighted by molar-refractivity contribution is -0.118. The largest absolute Gasteiger partial charge is 0.381 e. The number of benzene rings is 2. The number of nitrogens with one attached hydrogen (secondary N) is 1. The highest BCUT2D eigenvalue weighted by Crippen LogP contribution is 2.25. The van der Waals surface area contributed by atoms with E-state index in [2.05, 4.69) is 41.4 Å². The highest BCUT2D eigenvalue weighted by molar-refractivity contribution is 5.92. The van der Waals surface area contributed by atoms with E-state index in [-0.39, 0.29) is 5.91 Å². The number of likely N-dealkylation sites (tertiary alicyclic amines) is 1. The molecule has 4 rings (SSSR count). The average Bonchev–Trinajstić information content (AvgIpc) is 3.19. The number of aromatic nitrogens is 2. The summed E-state index contributed by atoms with van der Waals surface area (Å²) in [6, 6.07) is 20.0.